The maximum absolute atomic E-state index is 13.7. The minimum atomic E-state index is -0.403. The van der Waals surface area contributed by atoms with Crippen molar-refractivity contribution in [3.05, 3.63) is 50.6 Å². The molecular formula is C25H29N3O3S2. The monoisotopic (exact) mass is 483 g/mol. The molecule has 3 heterocycles. The zero-order chi connectivity index (χ0) is 22.9. The first kappa shape index (κ1) is 22.6. The van der Waals surface area contributed by atoms with Crippen LogP contribution >= 0.6 is 23.1 Å². The molecule has 33 heavy (non-hydrogen) atoms. The van der Waals surface area contributed by atoms with Crippen molar-refractivity contribution in [2.75, 3.05) is 11.9 Å². The van der Waals surface area contributed by atoms with Crippen LogP contribution in [0, 0.1) is 6.92 Å². The first-order valence-corrected chi connectivity index (χ1v) is 13.4. The molecule has 5 rings (SSSR count). The van der Waals surface area contributed by atoms with Crippen LogP contribution in [0.4, 0.5) is 5.69 Å². The number of para-hydroxylation sites is 1. The second-order valence-corrected chi connectivity index (χ2v) is 11.3. The molecule has 2 aliphatic rings. The number of amides is 1. The van der Waals surface area contributed by atoms with Crippen LogP contribution < -0.4 is 10.9 Å². The third-order valence-corrected chi connectivity index (χ3v) is 8.78. The second-order valence-electron chi connectivity index (χ2n) is 8.90. The molecule has 1 amide bonds. The van der Waals surface area contributed by atoms with Gasteiger partial charge in [-0.15, -0.1) is 11.3 Å². The van der Waals surface area contributed by atoms with Crippen molar-refractivity contribution in [1.29, 1.82) is 0 Å². The number of thiophene rings is 1. The maximum atomic E-state index is 13.7. The third kappa shape index (κ3) is 4.61. The number of fused-ring (bicyclic) bond motifs is 3. The molecule has 2 unspecified atom stereocenters. The number of carbonyl (C=O) groups is 1. The van der Waals surface area contributed by atoms with E-state index < -0.39 is 5.25 Å². The van der Waals surface area contributed by atoms with Gasteiger partial charge in [0, 0.05) is 17.2 Å². The molecule has 0 bridgehead atoms. The quantitative estimate of drug-likeness (QED) is 0.397. The Morgan fingerprint density at radius 3 is 2.91 bits per heavy atom. The van der Waals surface area contributed by atoms with E-state index in [2.05, 4.69) is 5.32 Å². The van der Waals surface area contributed by atoms with Crippen LogP contribution in [0.3, 0.4) is 0 Å². The lowest BCUT2D eigenvalue weighted by atomic mass is 9.97. The molecule has 2 atom stereocenters. The van der Waals surface area contributed by atoms with Gasteiger partial charge in [-0.3, -0.25) is 14.2 Å². The summed E-state index contributed by atoms with van der Waals surface area (Å²) in [5.41, 5.74) is 3.04. The Balaban J connectivity index is 1.48. The van der Waals surface area contributed by atoms with Gasteiger partial charge in [0.25, 0.3) is 5.56 Å². The molecule has 1 aromatic carbocycles. The van der Waals surface area contributed by atoms with E-state index in [1.54, 1.807) is 15.9 Å². The molecule has 2 aromatic heterocycles. The van der Waals surface area contributed by atoms with Crippen LogP contribution in [0.5, 0.6) is 0 Å². The highest BCUT2D eigenvalue weighted by molar-refractivity contribution is 8.00. The molecule has 1 N–H and O–H groups in total. The highest BCUT2D eigenvalue weighted by atomic mass is 32.2. The Hall–Kier alpha value is -2.16. The topological polar surface area (TPSA) is 73.2 Å². The van der Waals surface area contributed by atoms with Crippen LogP contribution in [0.15, 0.2) is 34.2 Å². The molecular weight excluding hydrogens is 454 g/mol. The van der Waals surface area contributed by atoms with Crippen molar-refractivity contribution >= 4 is 44.9 Å². The molecule has 3 aromatic rings. The van der Waals surface area contributed by atoms with E-state index in [-0.39, 0.29) is 17.6 Å². The number of aromatic nitrogens is 2. The molecule has 8 heteroatoms. The summed E-state index contributed by atoms with van der Waals surface area (Å²) in [7, 11) is 0. The van der Waals surface area contributed by atoms with Gasteiger partial charge in [0.05, 0.1) is 23.3 Å². The van der Waals surface area contributed by atoms with E-state index in [0.29, 0.717) is 11.7 Å². The van der Waals surface area contributed by atoms with Gasteiger partial charge < -0.3 is 10.1 Å². The fraction of sp³-hybridized carbons (Fsp3) is 0.480. The molecule has 1 aliphatic heterocycles. The summed E-state index contributed by atoms with van der Waals surface area (Å²) < 4.78 is 7.61. The predicted molar refractivity (Wildman–Crippen MR) is 135 cm³/mol. The highest BCUT2D eigenvalue weighted by Gasteiger charge is 2.26. The van der Waals surface area contributed by atoms with E-state index in [1.807, 2.05) is 38.1 Å². The molecule has 1 saturated heterocycles. The van der Waals surface area contributed by atoms with Crippen molar-refractivity contribution in [2.24, 2.45) is 0 Å². The van der Waals surface area contributed by atoms with E-state index >= 15 is 0 Å². The van der Waals surface area contributed by atoms with Crippen LogP contribution in [-0.2, 0) is 28.9 Å². The maximum Gasteiger partial charge on any atom is 0.263 e. The Bertz CT molecular complexity index is 1240. The van der Waals surface area contributed by atoms with Gasteiger partial charge in [-0.2, -0.15) is 0 Å². The zero-order valence-electron chi connectivity index (χ0n) is 19.1. The van der Waals surface area contributed by atoms with Gasteiger partial charge >= 0.3 is 0 Å². The van der Waals surface area contributed by atoms with Gasteiger partial charge in [0.1, 0.15) is 4.83 Å². The van der Waals surface area contributed by atoms with E-state index in [0.717, 1.165) is 60.2 Å². The third-order valence-electron chi connectivity index (χ3n) is 6.50. The SMILES string of the molecule is Cc1ccccc1NC(=O)C(C)Sc1nc2sc3c(c2c(=O)n1CC1CCCO1)CCCC3. The number of anilines is 1. The zero-order valence-corrected chi connectivity index (χ0v) is 20.7. The van der Waals surface area contributed by atoms with Gasteiger partial charge in [-0.25, -0.2) is 4.98 Å². The number of benzene rings is 1. The lowest BCUT2D eigenvalue weighted by molar-refractivity contribution is -0.115. The van der Waals surface area contributed by atoms with Crippen LogP contribution in [0.1, 0.15) is 48.6 Å². The largest absolute Gasteiger partial charge is 0.376 e. The second kappa shape index (κ2) is 9.60. The number of hydrogen-bond acceptors (Lipinski definition) is 6. The minimum absolute atomic E-state index is 0.0175. The van der Waals surface area contributed by atoms with Gasteiger partial charge in [0.15, 0.2) is 5.16 Å². The van der Waals surface area contributed by atoms with Crippen LogP contribution in [0.25, 0.3) is 10.2 Å². The Morgan fingerprint density at radius 1 is 1.30 bits per heavy atom. The normalized spacial score (nSPS) is 18.9. The van der Waals surface area contributed by atoms with Gasteiger partial charge in [-0.1, -0.05) is 30.0 Å². The molecule has 174 valence electrons. The Labute approximate surface area is 201 Å². The fourth-order valence-electron chi connectivity index (χ4n) is 4.62. The van der Waals surface area contributed by atoms with Crippen molar-refractivity contribution in [3.8, 4) is 0 Å². The van der Waals surface area contributed by atoms with E-state index in [9.17, 15) is 9.59 Å². The summed E-state index contributed by atoms with van der Waals surface area (Å²) in [6, 6.07) is 7.74. The number of thioether (sulfide) groups is 1. The Morgan fingerprint density at radius 2 is 2.12 bits per heavy atom. The number of ether oxygens (including phenoxy) is 1. The summed E-state index contributed by atoms with van der Waals surface area (Å²) in [5, 5.41) is 4.01. The van der Waals surface area contributed by atoms with Crippen molar-refractivity contribution in [2.45, 2.75) is 75.4 Å². The highest BCUT2D eigenvalue weighted by Crippen LogP contribution is 2.35. The summed E-state index contributed by atoms with van der Waals surface area (Å²) in [4.78, 5) is 33.7. The lowest BCUT2D eigenvalue weighted by Gasteiger charge is -2.18. The molecule has 1 aliphatic carbocycles. The molecule has 1 fully saturated rings. The van der Waals surface area contributed by atoms with E-state index in [4.69, 9.17) is 9.72 Å². The number of rotatable bonds is 6. The number of nitrogens with one attached hydrogen (secondary N) is 1. The van der Waals surface area contributed by atoms with E-state index in [1.165, 1.54) is 28.6 Å². The molecule has 0 saturated carbocycles. The van der Waals surface area contributed by atoms with Crippen molar-refractivity contribution in [3.63, 3.8) is 0 Å². The van der Waals surface area contributed by atoms with Crippen molar-refractivity contribution in [1.82, 2.24) is 9.55 Å². The summed E-state index contributed by atoms with van der Waals surface area (Å²) >= 11 is 3.00. The lowest BCUT2D eigenvalue weighted by Crippen LogP contribution is -2.30. The molecule has 6 nitrogen and oxygen atoms in total. The number of nitrogens with zero attached hydrogens (tertiary/aromatic N) is 2. The predicted octanol–water partition coefficient (Wildman–Crippen LogP) is 4.94. The average Bonchev–Trinajstić information content (AvgIpc) is 3.45. The average molecular weight is 484 g/mol. The standard InChI is InChI=1S/C25H29N3O3S2/c1-15-8-3-5-11-19(15)26-22(29)16(2)32-25-27-23-21(18-10-4-6-12-20(18)33-23)24(30)28(25)14-17-9-7-13-31-17/h3,5,8,11,16-17H,4,6-7,9-10,12-14H2,1-2H3,(H,26,29). The minimum Gasteiger partial charge on any atom is -0.376 e. The number of hydrogen-bond donors (Lipinski definition) is 1. The Kier molecular flexibility index (Phi) is 6.58. The summed E-state index contributed by atoms with van der Waals surface area (Å²) in [5.74, 6) is -0.0993. The van der Waals surface area contributed by atoms with Crippen molar-refractivity contribution < 1.29 is 9.53 Å². The molecule has 0 radical (unpaired) electrons. The van der Waals surface area contributed by atoms with Crippen LogP contribution in [0.2, 0.25) is 0 Å². The summed E-state index contributed by atoms with van der Waals surface area (Å²) in [6.45, 7) is 5.06. The fourth-order valence-corrected chi connectivity index (χ4v) is 6.84. The summed E-state index contributed by atoms with van der Waals surface area (Å²) in [6.07, 6.45) is 6.25. The van der Waals surface area contributed by atoms with Gasteiger partial charge in [0.2, 0.25) is 5.91 Å². The number of aryl methyl sites for hydroxylation is 3. The van der Waals surface area contributed by atoms with Crippen LogP contribution in [-0.4, -0.2) is 33.4 Å². The first-order chi connectivity index (χ1) is 16.0. The first-order valence-electron chi connectivity index (χ1n) is 11.7. The molecule has 0 spiro atoms. The number of carbonyl (C=O) groups excluding carboxylic acids is 1. The van der Waals surface area contributed by atoms with Gasteiger partial charge in [-0.05, 0) is 69.6 Å². The smallest absolute Gasteiger partial charge is 0.263 e.